The van der Waals surface area contributed by atoms with Gasteiger partial charge in [0.2, 0.25) is 5.91 Å². The van der Waals surface area contributed by atoms with E-state index in [-0.39, 0.29) is 30.0 Å². The molecular weight excluding hydrogens is 280 g/mol. The maximum Gasteiger partial charge on any atom is 0.323 e. The normalized spacial score (nSPS) is 17.9. The van der Waals surface area contributed by atoms with Crippen molar-refractivity contribution in [1.29, 1.82) is 0 Å². The molecule has 20 heavy (non-hydrogen) atoms. The molecule has 0 spiro atoms. The molecule has 7 heteroatoms. The van der Waals surface area contributed by atoms with E-state index in [1.54, 1.807) is 0 Å². The Bertz CT molecular complexity index is 658. The Balaban J connectivity index is 0.00000147. The van der Waals surface area contributed by atoms with Crippen LogP contribution in [0, 0.1) is 0 Å². The van der Waals surface area contributed by atoms with Gasteiger partial charge in [-0.3, -0.25) is 4.79 Å². The van der Waals surface area contributed by atoms with Crippen LogP contribution in [0.2, 0.25) is 0 Å². The second-order valence-electron chi connectivity index (χ2n) is 4.83. The van der Waals surface area contributed by atoms with Crippen LogP contribution in [-0.2, 0) is 11.3 Å². The molecule has 4 N–H and O–H groups in total. The molecule has 1 fully saturated rings. The van der Waals surface area contributed by atoms with Gasteiger partial charge in [-0.2, -0.15) is 0 Å². The highest BCUT2D eigenvalue weighted by Crippen LogP contribution is 2.10. The summed E-state index contributed by atoms with van der Waals surface area (Å²) >= 11 is 0. The molecule has 108 valence electrons. The molecule has 6 nitrogen and oxygen atoms in total. The van der Waals surface area contributed by atoms with E-state index in [0.717, 1.165) is 36.0 Å². The van der Waals surface area contributed by atoms with Gasteiger partial charge in [0.15, 0.2) is 0 Å². The number of hydrogen-bond acceptors (Lipinski definition) is 3. The van der Waals surface area contributed by atoms with Crippen LogP contribution in [0.3, 0.4) is 0 Å². The van der Waals surface area contributed by atoms with Crippen LogP contribution in [0.4, 0.5) is 0 Å². The van der Waals surface area contributed by atoms with Crippen LogP contribution in [0.1, 0.15) is 18.4 Å². The number of aromatic nitrogens is 2. The minimum Gasteiger partial charge on any atom is -0.351 e. The number of benzene rings is 1. The van der Waals surface area contributed by atoms with Gasteiger partial charge in [0.05, 0.1) is 17.1 Å². The van der Waals surface area contributed by atoms with Gasteiger partial charge in [-0.15, -0.1) is 12.4 Å². The van der Waals surface area contributed by atoms with Crippen molar-refractivity contribution in [2.24, 2.45) is 0 Å². The molecular formula is C13H17ClN4O2. The van der Waals surface area contributed by atoms with Crippen LogP contribution in [0.5, 0.6) is 0 Å². The summed E-state index contributed by atoms with van der Waals surface area (Å²) in [6, 6.07) is 5.54. The average molecular weight is 297 g/mol. The molecule has 0 radical (unpaired) electrons. The minimum absolute atomic E-state index is 0. The first-order valence-corrected chi connectivity index (χ1v) is 6.44. The molecule has 0 saturated carbocycles. The summed E-state index contributed by atoms with van der Waals surface area (Å²) in [5.41, 5.74) is 2.29. The van der Waals surface area contributed by atoms with Gasteiger partial charge in [0.25, 0.3) is 0 Å². The van der Waals surface area contributed by atoms with Crippen molar-refractivity contribution in [3.63, 3.8) is 0 Å². The summed E-state index contributed by atoms with van der Waals surface area (Å²) in [5.74, 6) is 0.0418. The topological polar surface area (TPSA) is 89.8 Å². The summed E-state index contributed by atoms with van der Waals surface area (Å²) in [5, 5.41) is 6.07. The number of aromatic amines is 2. The van der Waals surface area contributed by atoms with Gasteiger partial charge in [0, 0.05) is 6.54 Å². The molecule has 1 amide bonds. The van der Waals surface area contributed by atoms with E-state index in [4.69, 9.17) is 0 Å². The van der Waals surface area contributed by atoms with E-state index in [0.29, 0.717) is 6.54 Å². The number of imidazole rings is 1. The fraction of sp³-hybridized carbons (Fsp3) is 0.385. The van der Waals surface area contributed by atoms with Crippen molar-refractivity contribution >= 4 is 29.3 Å². The fourth-order valence-corrected chi connectivity index (χ4v) is 2.41. The van der Waals surface area contributed by atoms with E-state index in [1.807, 2.05) is 18.2 Å². The standard InChI is InChI=1S/C13H16N4O2.ClH/c18-12(10-2-1-5-14-10)15-7-8-3-4-9-11(6-8)17-13(19)16-9;/h3-4,6,10,14H,1-2,5,7H2,(H,15,18)(H2,16,17,19);1H/t10-;/m1./s1. The lowest BCUT2D eigenvalue weighted by Crippen LogP contribution is -2.39. The van der Waals surface area contributed by atoms with Gasteiger partial charge in [-0.1, -0.05) is 6.07 Å². The molecule has 0 aliphatic carbocycles. The Morgan fingerprint density at radius 2 is 2.10 bits per heavy atom. The number of carbonyl (C=O) groups is 1. The minimum atomic E-state index is -0.216. The van der Waals surface area contributed by atoms with E-state index in [1.165, 1.54) is 0 Å². The van der Waals surface area contributed by atoms with Gasteiger partial charge >= 0.3 is 5.69 Å². The molecule has 1 aliphatic heterocycles. The Labute approximate surface area is 121 Å². The molecule has 2 aromatic rings. The number of nitrogens with one attached hydrogen (secondary N) is 4. The molecule has 1 saturated heterocycles. The molecule has 0 bridgehead atoms. The Morgan fingerprint density at radius 3 is 2.85 bits per heavy atom. The Morgan fingerprint density at radius 1 is 1.30 bits per heavy atom. The third-order valence-corrected chi connectivity index (χ3v) is 3.42. The SMILES string of the molecule is Cl.O=C(NCc1ccc2[nH]c(=O)[nH]c2c1)[C@H]1CCCN1. The van der Waals surface area contributed by atoms with Gasteiger partial charge in [0.1, 0.15) is 0 Å². The molecule has 1 atom stereocenters. The first-order valence-electron chi connectivity index (χ1n) is 6.44. The van der Waals surface area contributed by atoms with E-state index >= 15 is 0 Å². The zero-order valence-corrected chi connectivity index (χ0v) is 11.7. The lowest BCUT2D eigenvalue weighted by Gasteiger charge is -2.11. The number of hydrogen-bond donors (Lipinski definition) is 4. The van der Waals surface area contributed by atoms with E-state index < -0.39 is 0 Å². The highest BCUT2D eigenvalue weighted by Gasteiger charge is 2.21. The number of rotatable bonds is 3. The highest BCUT2D eigenvalue weighted by atomic mass is 35.5. The third kappa shape index (κ3) is 3.02. The molecule has 0 unspecified atom stereocenters. The number of amides is 1. The van der Waals surface area contributed by atoms with Crippen molar-refractivity contribution in [2.75, 3.05) is 6.54 Å². The summed E-state index contributed by atoms with van der Waals surface area (Å²) in [6.45, 7) is 1.38. The van der Waals surface area contributed by atoms with Crippen LogP contribution >= 0.6 is 12.4 Å². The Kier molecular flexibility index (Phi) is 4.46. The van der Waals surface area contributed by atoms with Crippen LogP contribution in [0.15, 0.2) is 23.0 Å². The highest BCUT2D eigenvalue weighted by molar-refractivity contribution is 5.85. The van der Waals surface area contributed by atoms with Crippen molar-refractivity contribution < 1.29 is 4.79 Å². The van der Waals surface area contributed by atoms with Gasteiger partial charge in [-0.25, -0.2) is 4.79 Å². The zero-order valence-electron chi connectivity index (χ0n) is 10.9. The first kappa shape index (κ1) is 14.6. The maximum absolute atomic E-state index is 11.8. The number of H-pyrrole nitrogens is 2. The first-order chi connectivity index (χ1) is 9.22. The summed E-state index contributed by atoms with van der Waals surface area (Å²) in [7, 11) is 0. The van der Waals surface area contributed by atoms with E-state index in [9.17, 15) is 9.59 Å². The molecule has 1 aliphatic rings. The van der Waals surface area contributed by atoms with Gasteiger partial charge in [-0.05, 0) is 37.1 Å². The fourth-order valence-electron chi connectivity index (χ4n) is 2.41. The molecule has 3 rings (SSSR count). The van der Waals surface area contributed by atoms with Crippen LogP contribution < -0.4 is 16.3 Å². The number of carbonyl (C=O) groups excluding carboxylic acids is 1. The van der Waals surface area contributed by atoms with Gasteiger partial charge < -0.3 is 20.6 Å². The lowest BCUT2D eigenvalue weighted by atomic mass is 10.2. The molecule has 1 aromatic carbocycles. The van der Waals surface area contributed by atoms with Crippen molar-refractivity contribution in [3.05, 3.63) is 34.2 Å². The molecule has 1 aromatic heterocycles. The predicted molar refractivity (Wildman–Crippen MR) is 79.0 cm³/mol. The number of halogens is 1. The monoisotopic (exact) mass is 296 g/mol. The second-order valence-corrected chi connectivity index (χ2v) is 4.83. The summed E-state index contributed by atoms with van der Waals surface area (Å²) < 4.78 is 0. The predicted octanol–water partition coefficient (Wildman–Crippen LogP) is 0.646. The quantitative estimate of drug-likeness (QED) is 0.670. The summed E-state index contributed by atoms with van der Waals surface area (Å²) in [4.78, 5) is 28.4. The number of fused-ring (bicyclic) bond motifs is 1. The van der Waals surface area contributed by atoms with E-state index in [2.05, 4.69) is 20.6 Å². The van der Waals surface area contributed by atoms with Crippen molar-refractivity contribution in [3.8, 4) is 0 Å². The second kappa shape index (κ2) is 6.11. The lowest BCUT2D eigenvalue weighted by molar-refractivity contribution is -0.122. The third-order valence-electron chi connectivity index (χ3n) is 3.42. The van der Waals surface area contributed by atoms with Crippen molar-refractivity contribution in [2.45, 2.75) is 25.4 Å². The Hall–Kier alpha value is -1.79. The average Bonchev–Trinajstić information content (AvgIpc) is 3.03. The van der Waals surface area contributed by atoms with Crippen molar-refractivity contribution in [1.82, 2.24) is 20.6 Å². The largest absolute Gasteiger partial charge is 0.351 e. The smallest absolute Gasteiger partial charge is 0.323 e. The zero-order chi connectivity index (χ0) is 13.2. The molecule has 2 heterocycles. The van der Waals surface area contributed by atoms with Crippen LogP contribution in [0.25, 0.3) is 11.0 Å². The maximum atomic E-state index is 11.8. The van der Waals surface area contributed by atoms with Crippen LogP contribution in [-0.4, -0.2) is 28.5 Å². The summed E-state index contributed by atoms with van der Waals surface area (Å²) in [6.07, 6.45) is 1.95.